The molecule has 2 nitrogen and oxygen atoms in total. The Hall–Kier alpha value is -0.961. The normalized spacial score (nSPS) is 10.8. The number of methoxy groups -OCH3 is 1. The molecule has 0 fully saturated rings. The van der Waals surface area contributed by atoms with Crippen molar-refractivity contribution in [3.63, 3.8) is 0 Å². The standard InChI is InChI=1S/C15H14BrNO.Ir/c1-11(12-3-5-13(16)6-4-12)17-14-7-9-15(18-2)10-8-14;/h3-10H,1-2H3;. The molecule has 1 radical (unpaired) electrons. The zero-order valence-electron chi connectivity index (χ0n) is 10.7. The molecule has 0 heterocycles. The van der Waals surface area contributed by atoms with Crippen LogP contribution in [-0.2, 0) is 20.1 Å². The number of hydrogen-bond acceptors (Lipinski definition) is 2. The van der Waals surface area contributed by atoms with Crippen LogP contribution in [0.2, 0.25) is 0 Å². The van der Waals surface area contributed by atoms with Crippen molar-refractivity contribution in [1.82, 2.24) is 0 Å². The van der Waals surface area contributed by atoms with Crippen molar-refractivity contribution < 1.29 is 24.8 Å². The summed E-state index contributed by atoms with van der Waals surface area (Å²) >= 11 is 3.42. The molecule has 0 unspecified atom stereocenters. The topological polar surface area (TPSA) is 21.6 Å². The van der Waals surface area contributed by atoms with Crippen LogP contribution in [0.3, 0.4) is 0 Å². The first-order chi connectivity index (χ1) is 8.69. The Kier molecular flexibility index (Phi) is 6.43. The number of aliphatic imine (C=N–C) groups is 1. The van der Waals surface area contributed by atoms with E-state index in [0.29, 0.717) is 0 Å². The first kappa shape index (κ1) is 16.1. The van der Waals surface area contributed by atoms with E-state index in [1.165, 1.54) is 0 Å². The van der Waals surface area contributed by atoms with E-state index in [-0.39, 0.29) is 20.1 Å². The van der Waals surface area contributed by atoms with E-state index >= 15 is 0 Å². The number of ether oxygens (including phenoxy) is 1. The SMILES string of the molecule is COc1ccc(N=C(C)c2ccc(Br)cc2)cc1.[Ir]. The van der Waals surface area contributed by atoms with Gasteiger partial charge in [-0.15, -0.1) is 0 Å². The third-order valence-electron chi connectivity index (χ3n) is 2.63. The number of hydrogen-bond donors (Lipinski definition) is 0. The summed E-state index contributed by atoms with van der Waals surface area (Å²) in [5.74, 6) is 0.843. The van der Waals surface area contributed by atoms with Crippen molar-refractivity contribution in [2.45, 2.75) is 6.92 Å². The van der Waals surface area contributed by atoms with Crippen molar-refractivity contribution in [2.75, 3.05) is 7.11 Å². The Morgan fingerprint density at radius 1 is 1.00 bits per heavy atom. The predicted molar refractivity (Wildman–Crippen MR) is 79.0 cm³/mol. The molecule has 0 aliphatic heterocycles. The maximum atomic E-state index is 5.12. The van der Waals surface area contributed by atoms with Crippen LogP contribution < -0.4 is 4.74 Å². The van der Waals surface area contributed by atoms with Gasteiger partial charge in [0.2, 0.25) is 0 Å². The minimum Gasteiger partial charge on any atom is -0.497 e. The predicted octanol–water partition coefficient (Wildman–Crippen LogP) is 4.60. The molecule has 0 amide bonds. The third kappa shape index (κ3) is 4.57. The molecule has 0 spiro atoms. The fraction of sp³-hybridized carbons (Fsp3) is 0.133. The van der Waals surface area contributed by atoms with Gasteiger partial charge in [0, 0.05) is 30.3 Å². The van der Waals surface area contributed by atoms with Crippen LogP contribution in [0.15, 0.2) is 58.0 Å². The maximum absolute atomic E-state index is 5.12. The van der Waals surface area contributed by atoms with Crippen molar-refractivity contribution in [3.8, 4) is 5.75 Å². The van der Waals surface area contributed by atoms with Gasteiger partial charge in [0.1, 0.15) is 5.75 Å². The van der Waals surface area contributed by atoms with Crippen molar-refractivity contribution in [3.05, 3.63) is 58.6 Å². The number of rotatable bonds is 3. The van der Waals surface area contributed by atoms with Gasteiger partial charge >= 0.3 is 0 Å². The zero-order valence-corrected chi connectivity index (χ0v) is 14.7. The molecular formula is C15H14BrIrNO. The third-order valence-corrected chi connectivity index (χ3v) is 3.16. The minimum absolute atomic E-state index is 0. The van der Waals surface area contributed by atoms with Crippen LogP contribution in [-0.4, -0.2) is 12.8 Å². The maximum Gasteiger partial charge on any atom is 0.119 e. The van der Waals surface area contributed by atoms with Crippen LogP contribution in [0.4, 0.5) is 5.69 Å². The van der Waals surface area contributed by atoms with Gasteiger partial charge in [0.25, 0.3) is 0 Å². The molecule has 0 atom stereocenters. The zero-order chi connectivity index (χ0) is 13.0. The van der Waals surface area contributed by atoms with Gasteiger partial charge in [0.05, 0.1) is 12.8 Å². The van der Waals surface area contributed by atoms with Gasteiger partial charge in [-0.3, -0.25) is 4.99 Å². The van der Waals surface area contributed by atoms with Crippen LogP contribution in [0, 0.1) is 0 Å². The second-order valence-electron chi connectivity index (χ2n) is 3.90. The summed E-state index contributed by atoms with van der Waals surface area (Å²) in [4.78, 5) is 4.58. The molecule has 0 aliphatic carbocycles. The summed E-state index contributed by atoms with van der Waals surface area (Å²) in [6.45, 7) is 2.01. The molecular weight excluding hydrogens is 482 g/mol. The molecule has 0 aromatic heterocycles. The first-order valence-corrected chi connectivity index (χ1v) is 6.43. The first-order valence-electron chi connectivity index (χ1n) is 5.64. The molecule has 0 bridgehead atoms. The monoisotopic (exact) mass is 496 g/mol. The summed E-state index contributed by atoms with van der Waals surface area (Å²) in [6.07, 6.45) is 0. The molecule has 19 heavy (non-hydrogen) atoms. The van der Waals surface area contributed by atoms with Crippen LogP contribution in [0.1, 0.15) is 12.5 Å². The van der Waals surface area contributed by atoms with E-state index in [1.54, 1.807) is 7.11 Å². The van der Waals surface area contributed by atoms with Crippen molar-refractivity contribution in [2.24, 2.45) is 4.99 Å². The fourth-order valence-electron chi connectivity index (χ4n) is 1.61. The summed E-state index contributed by atoms with van der Waals surface area (Å²) < 4.78 is 6.19. The smallest absolute Gasteiger partial charge is 0.119 e. The van der Waals surface area contributed by atoms with Gasteiger partial charge in [-0.25, -0.2) is 0 Å². The molecule has 4 heteroatoms. The summed E-state index contributed by atoms with van der Waals surface area (Å²) in [7, 11) is 1.66. The molecule has 101 valence electrons. The Balaban J connectivity index is 0.00000180. The molecule has 2 aromatic carbocycles. The van der Waals surface area contributed by atoms with Crippen LogP contribution in [0.25, 0.3) is 0 Å². The van der Waals surface area contributed by atoms with Gasteiger partial charge in [-0.05, 0) is 48.9 Å². The van der Waals surface area contributed by atoms with Gasteiger partial charge in [0.15, 0.2) is 0 Å². The Morgan fingerprint density at radius 3 is 2.11 bits per heavy atom. The number of benzene rings is 2. The average molecular weight is 496 g/mol. The Bertz CT molecular complexity index is 549. The minimum atomic E-state index is 0. The van der Waals surface area contributed by atoms with Crippen LogP contribution in [0.5, 0.6) is 5.75 Å². The van der Waals surface area contributed by atoms with E-state index in [0.717, 1.165) is 27.2 Å². The Morgan fingerprint density at radius 2 is 1.58 bits per heavy atom. The van der Waals surface area contributed by atoms with Crippen LogP contribution >= 0.6 is 15.9 Å². The molecule has 0 N–H and O–H groups in total. The van der Waals surface area contributed by atoms with E-state index in [9.17, 15) is 0 Å². The van der Waals surface area contributed by atoms with E-state index < -0.39 is 0 Å². The van der Waals surface area contributed by atoms with E-state index in [4.69, 9.17) is 4.74 Å². The summed E-state index contributed by atoms with van der Waals surface area (Å²) in [5.41, 5.74) is 3.04. The van der Waals surface area contributed by atoms with E-state index in [1.807, 2.05) is 55.5 Å². The number of halogens is 1. The quantitative estimate of drug-likeness (QED) is 0.570. The molecule has 2 rings (SSSR count). The fourth-order valence-corrected chi connectivity index (χ4v) is 1.87. The number of nitrogens with zero attached hydrogens (tertiary/aromatic N) is 1. The van der Waals surface area contributed by atoms with Crippen molar-refractivity contribution >= 4 is 27.3 Å². The Labute approximate surface area is 135 Å². The summed E-state index contributed by atoms with van der Waals surface area (Å²) in [5, 5.41) is 0. The molecule has 0 saturated heterocycles. The van der Waals surface area contributed by atoms with Gasteiger partial charge < -0.3 is 4.74 Å². The average Bonchev–Trinajstić information content (AvgIpc) is 2.40. The molecule has 2 aromatic rings. The van der Waals surface area contributed by atoms with E-state index in [2.05, 4.69) is 20.9 Å². The summed E-state index contributed by atoms with van der Waals surface area (Å²) in [6, 6.07) is 15.8. The van der Waals surface area contributed by atoms with Gasteiger partial charge in [-0.1, -0.05) is 28.1 Å². The second kappa shape index (κ2) is 7.59. The van der Waals surface area contributed by atoms with Gasteiger partial charge in [-0.2, -0.15) is 0 Å². The largest absolute Gasteiger partial charge is 0.497 e. The molecule has 0 saturated carbocycles. The second-order valence-corrected chi connectivity index (χ2v) is 4.82. The van der Waals surface area contributed by atoms with Crippen molar-refractivity contribution in [1.29, 1.82) is 0 Å². The molecule has 0 aliphatic rings.